The molecule has 31 nitrogen and oxygen atoms in total. The molecule has 1 atom stereocenters. The van der Waals surface area contributed by atoms with Crippen LogP contribution in [0.1, 0.15) is 17.5 Å². The Morgan fingerprint density at radius 1 is 0.750 bits per heavy atom. The first-order chi connectivity index (χ1) is 31.8. The van der Waals surface area contributed by atoms with Gasteiger partial charge in [-0.05, 0) is 31.5 Å². The highest BCUT2D eigenvalue weighted by atomic mass is 35.7. The van der Waals surface area contributed by atoms with Crippen LogP contribution in [0.15, 0.2) is 15.2 Å². The Bertz CT molecular complexity index is 2910. The van der Waals surface area contributed by atoms with Crippen molar-refractivity contribution in [2.75, 3.05) is 48.2 Å². The molecule has 5 aromatic heterocycles. The first-order valence-electron chi connectivity index (χ1n) is 16.4. The highest BCUT2D eigenvalue weighted by molar-refractivity contribution is 8.12. The van der Waals surface area contributed by atoms with Gasteiger partial charge in [-0.15, -0.1) is 0 Å². The fourth-order valence-electron chi connectivity index (χ4n) is 3.39. The minimum atomic E-state index is -4.34. The van der Waals surface area contributed by atoms with Gasteiger partial charge in [0, 0.05) is 10.7 Å². The first-order valence-corrected chi connectivity index (χ1v) is 24.0. The number of methoxy groups -OCH3 is 3. The Hall–Kier alpha value is -6.70. The second-order valence-electron chi connectivity index (χ2n) is 10.5. The maximum Gasteiger partial charge on any atom is 0.336 e. The summed E-state index contributed by atoms with van der Waals surface area (Å²) >= 11 is 16.0. The van der Waals surface area contributed by atoms with E-state index in [4.69, 9.17) is 77.5 Å². The van der Waals surface area contributed by atoms with E-state index in [0.717, 1.165) is 17.4 Å². The number of isocyanates is 1. The lowest BCUT2D eigenvalue weighted by molar-refractivity contribution is 0.255. The summed E-state index contributed by atoms with van der Waals surface area (Å²) in [5.41, 5.74) is 11.0. The van der Waals surface area contributed by atoms with E-state index >= 15 is 0 Å². The Morgan fingerprint density at radius 2 is 1.19 bits per heavy atom. The molecular weight excluding hydrogens is 1100 g/mol. The highest BCUT2D eigenvalue weighted by Crippen LogP contribution is 2.40. The Kier molecular flexibility index (Phi) is 25.4. The van der Waals surface area contributed by atoms with Crippen molar-refractivity contribution in [1.29, 1.82) is 0 Å². The van der Waals surface area contributed by atoms with Crippen molar-refractivity contribution in [3.63, 3.8) is 0 Å². The second-order valence-corrected chi connectivity index (χ2v) is 17.9. The van der Waals surface area contributed by atoms with E-state index in [1.807, 2.05) is 4.72 Å². The van der Waals surface area contributed by atoms with E-state index in [1.54, 1.807) is 23.9 Å². The van der Waals surface area contributed by atoms with Crippen LogP contribution in [0.4, 0.5) is 48.8 Å². The highest BCUT2D eigenvalue weighted by Gasteiger charge is 2.21. The Labute approximate surface area is 414 Å². The van der Waals surface area contributed by atoms with Crippen LogP contribution in [-0.4, -0.2) is 105 Å². The van der Waals surface area contributed by atoms with Crippen molar-refractivity contribution in [3.05, 3.63) is 61.1 Å². The number of rotatable bonds is 11. The SMILES string of the molecule is COc1nc(C)nc(N)n1.COc1nc(C)nc(NC(=O)NS(=O)(=O)Cl)n1.O=C=NS(=O)OCl.[C-]#[N+]c1scc(Cl)c1N.[C-]#[N+]c1scc(Cl)c1NS(=O)(=O)NC(=O)Nc1nc(C)nc(OC)n1. The molecule has 68 heavy (non-hydrogen) atoms. The zero-order valence-electron chi connectivity index (χ0n) is 34.6. The fourth-order valence-corrected chi connectivity index (χ4v) is 6.89. The molecule has 0 aromatic carbocycles. The summed E-state index contributed by atoms with van der Waals surface area (Å²) in [6.45, 7) is 18.4. The van der Waals surface area contributed by atoms with Crippen LogP contribution in [0.5, 0.6) is 18.0 Å². The topological polar surface area (TPSA) is 423 Å². The van der Waals surface area contributed by atoms with Gasteiger partial charge >= 0.3 is 60.8 Å². The number of anilines is 5. The molecule has 5 aromatic rings. The molecule has 0 aliphatic rings. The molecule has 0 bridgehead atoms. The van der Waals surface area contributed by atoms with Crippen molar-refractivity contribution < 1.29 is 53.4 Å². The van der Waals surface area contributed by atoms with E-state index in [-0.39, 0.29) is 57.4 Å². The molecule has 0 fully saturated rings. The van der Waals surface area contributed by atoms with Gasteiger partial charge in [-0.3, -0.25) is 15.4 Å². The van der Waals surface area contributed by atoms with E-state index in [9.17, 15) is 30.6 Å². The summed E-state index contributed by atoms with van der Waals surface area (Å²) in [5, 5.41) is 8.27. The number of nitrogens with one attached hydrogen (secondary N) is 5. The maximum atomic E-state index is 12.0. The van der Waals surface area contributed by atoms with E-state index in [0.29, 0.717) is 27.4 Å². The maximum absolute atomic E-state index is 12.0. The van der Waals surface area contributed by atoms with Gasteiger partial charge in [-0.25, -0.2) is 37.7 Å². The monoisotopic (exact) mass is 1120 g/mol. The number of ether oxygens (including phenoxy) is 3. The molecule has 0 aliphatic heterocycles. The Balaban J connectivity index is 0.000000463. The third-order valence-electron chi connectivity index (χ3n) is 5.73. The molecule has 4 amide bonds. The fraction of sp³-hybridized carbons (Fsp3) is 0.214. The number of thiophene rings is 2. The van der Waals surface area contributed by atoms with E-state index < -0.39 is 42.8 Å². The van der Waals surface area contributed by atoms with Gasteiger partial charge in [0.2, 0.25) is 17.8 Å². The summed E-state index contributed by atoms with van der Waals surface area (Å²) < 4.78 is 80.3. The molecule has 0 radical (unpaired) electrons. The van der Waals surface area contributed by atoms with Crippen molar-refractivity contribution in [3.8, 4) is 18.0 Å². The van der Waals surface area contributed by atoms with Gasteiger partial charge in [0.1, 0.15) is 17.5 Å². The smallest absolute Gasteiger partial charge is 0.336 e. The molecule has 0 saturated carbocycles. The van der Waals surface area contributed by atoms with E-state index in [2.05, 4.69) is 85.2 Å². The number of nitrogens with zero attached hydrogens (tertiary/aromatic N) is 12. The number of urea groups is 2. The normalized spacial score (nSPS) is 10.4. The van der Waals surface area contributed by atoms with Gasteiger partial charge in [-0.1, -0.05) is 27.6 Å². The molecule has 40 heteroatoms. The standard InChI is InChI=1S/C11H10ClN7O4S2.C6H8ClN5O4S.C5H3ClN2S.C5H8N4O.CClNO3S/c1-5-14-9(17-11(15-5)23-3)16-10(20)19-25(21,22)18-7-6(12)4-24-8(7)13-2;1-3-8-4(11-6(9-3)16-2)10-5(13)12-17(7,14)15;1-8-5-4(7)3(6)2-9-5;1-3-7-4(6)9-5(8-3)10-2;2-6-7(5)3-1-4/h4,18H,1,3H3,(H2,14,15,16,17,19,20);1-2H3,(H2,8,9,10,11,12,13);2H,7H2;1-2H3,(H2,6,7,8,9);. The predicted octanol–water partition coefficient (Wildman–Crippen LogP) is 4.10. The summed E-state index contributed by atoms with van der Waals surface area (Å²) in [7, 11) is 0.446. The summed E-state index contributed by atoms with van der Waals surface area (Å²) in [4.78, 5) is 72.2. The number of hydrogen-bond acceptors (Lipinski definition) is 25. The lowest BCUT2D eigenvalue weighted by Gasteiger charge is -2.10. The number of amides is 4. The van der Waals surface area contributed by atoms with Crippen LogP contribution in [0.2, 0.25) is 10.0 Å². The Morgan fingerprint density at radius 3 is 1.56 bits per heavy atom. The minimum absolute atomic E-state index is 0.0125. The number of aryl methyl sites for hydroxylation is 3. The quantitative estimate of drug-likeness (QED) is 0.0423. The predicted molar refractivity (Wildman–Crippen MR) is 248 cm³/mol. The average Bonchev–Trinajstić information content (AvgIpc) is 3.77. The van der Waals surface area contributed by atoms with Gasteiger partial charge < -0.3 is 25.7 Å². The molecule has 9 N–H and O–H groups in total. The second kappa shape index (κ2) is 29.1. The molecule has 0 saturated heterocycles. The van der Waals surface area contributed by atoms with E-state index in [1.165, 1.54) is 49.7 Å². The number of nitrogen functional groups attached to an aromatic ring is 2. The summed E-state index contributed by atoms with van der Waals surface area (Å²) in [6, 6.07) is -2.02. The number of nitrogens with two attached hydrogens (primary N) is 2. The number of carbonyl (C=O) groups is 2. The average molecular weight is 1130 g/mol. The zero-order valence-corrected chi connectivity index (χ0v) is 41.7. The van der Waals surface area contributed by atoms with Gasteiger partial charge in [0.15, 0.2) is 0 Å². The van der Waals surface area contributed by atoms with Crippen molar-refractivity contribution >= 4 is 157 Å². The number of halogens is 4. The van der Waals surface area contributed by atoms with Crippen LogP contribution >= 0.6 is 68.4 Å². The lowest BCUT2D eigenvalue weighted by atomic mass is 10.5. The number of carbonyl (C=O) groups excluding carboxylic acids is 3. The van der Waals surface area contributed by atoms with Crippen molar-refractivity contribution in [2.45, 2.75) is 20.8 Å². The molecule has 1 unspecified atom stereocenters. The third-order valence-corrected chi connectivity index (χ3v) is 10.6. The third kappa shape index (κ3) is 23.2. The van der Waals surface area contributed by atoms with Crippen molar-refractivity contribution in [1.82, 2.24) is 54.3 Å². The molecular formula is C28H29Cl4N19O12S5. The van der Waals surface area contributed by atoms with Crippen LogP contribution in [0.3, 0.4) is 0 Å². The zero-order chi connectivity index (χ0) is 51.8. The van der Waals surface area contributed by atoms with Crippen LogP contribution in [-0.2, 0) is 39.2 Å². The largest absolute Gasteiger partial charge is 0.467 e. The van der Waals surface area contributed by atoms with Crippen LogP contribution in [0, 0.1) is 33.9 Å². The summed E-state index contributed by atoms with van der Waals surface area (Å²) in [6.07, 6.45) is 0.984. The molecule has 5 heterocycles. The van der Waals surface area contributed by atoms with Gasteiger partial charge in [-0.2, -0.15) is 88.1 Å². The van der Waals surface area contributed by atoms with Gasteiger partial charge in [0.25, 0.3) is 16.1 Å². The minimum Gasteiger partial charge on any atom is -0.467 e. The molecule has 366 valence electrons. The van der Waals surface area contributed by atoms with Crippen LogP contribution in [0.25, 0.3) is 9.69 Å². The molecule has 5 rings (SSSR count). The number of hydrogen-bond donors (Lipinski definition) is 7. The lowest BCUT2D eigenvalue weighted by Crippen LogP contribution is -2.38. The van der Waals surface area contributed by atoms with Crippen LogP contribution < -0.4 is 50.5 Å². The number of aromatic nitrogens is 9. The van der Waals surface area contributed by atoms with Crippen molar-refractivity contribution in [2.24, 2.45) is 4.40 Å². The summed E-state index contributed by atoms with van der Waals surface area (Å²) in [5.74, 6) is 0.934. The first kappa shape index (κ1) is 59.3. The molecule has 0 aliphatic carbocycles. The van der Waals surface area contributed by atoms with Gasteiger partial charge in [0.05, 0.1) is 67.8 Å². The molecule has 0 spiro atoms.